The highest BCUT2D eigenvalue weighted by atomic mass is 19.1. The first-order chi connectivity index (χ1) is 13.1. The molecule has 0 spiro atoms. The molecular weight excluding hydrogens is 347 g/mol. The van der Waals surface area contributed by atoms with Gasteiger partial charge in [-0.05, 0) is 30.2 Å². The Hall–Kier alpha value is -3.61. The van der Waals surface area contributed by atoms with Crippen molar-refractivity contribution in [3.8, 4) is 11.4 Å². The van der Waals surface area contributed by atoms with E-state index in [-0.39, 0.29) is 22.5 Å². The number of aromatic amines is 1. The molecule has 0 atom stereocenters. The fourth-order valence-corrected chi connectivity index (χ4v) is 3.10. The summed E-state index contributed by atoms with van der Waals surface area (Å²) in [6, 6.07) is 12.2. The van der Waals surface area contributed by atoms with Crippen LogP contribution in [-0.4, -0.2) is 25.8 Å². The lowest BCUT2D eigenvalue weighted by Gasteiger charge is -2.06. The van der Waals surface area contributed by atoms with Crippen LogP contribution in [-0.2, 0) is 6.42 Å². The van der Waals surface area contributed by atoms with Crippen molar-refractivity contribution in [2.45, 2.75) is 13.3 Å². The number of H-pyrrole nitrogens is 1. The van der Waals surface area contributed by atoms with Crippen molar-refractivity contribution in [3.63, 3.8) is 0 Å². The molecule has 2 aromatic carbocycles. The maximum atomic E-state index is 14.1. The van der Waals surface area contributed by atoms with Crippen LogP contribution in [0.3, 0.4) is 0 Å². The lowest BCUT2D eigenvalue weighted by molar-refractivity contribution is 0.101. The average Bonchev–Trinajstić information content (AvgIpc) is 3.26. The quantitative estimate of drug-likeness (QED) is 0.512. The van der Waals surface area contributed by atoms with Crippen LogP contribution in [0.5, 0.6) is 5.75 Å². The minimum absolute atomic E-state index is 0.133. The van der Waals surface area contributed by atoms with Crippen molar-refractivity contribution >= 4 is 22.5 Å². The molecule has 136 valence electrons. The number of halogens is 1. The lowest BCUT2D eigenvalue weighted by atomic mass is 10.1. The van der Waals surface area contributed by atoms with E-state index in [2.05, 4.69) is 15.4 Å². The van der Waals surface area contributed by atoms with E-state index in [4.69, 9.17) is 0 Å². The molecule has 0 radical (unpaired) electrons. The Labute approximate surface area is 154 Å². The van der Waals surface area contributed by atoms with Crippen LogP contribution in [0.4, 0.5) is 10.1 Å². The first-order valence-corrected chi connectivity index (χ1v) is 8.52. The van der Waals surface area contributed by atoms with Crippen LogP contribution in [0.2, 0.25) is 0 Å². The molecule has 0 saturated carbocycles. The topological polar surface area (TPSA) is 82.9 Å². The highest BCUT2D eigenvalue weighted by molar-refractivity contribution is 6.09. The Kier molecular flexibility index (Phi) is 4.12. The molecule has 6 nitrogen and oxygen atoms in total. The third kappa shape index (κ3) is 2.93. The highest BCUT2D eigenvalue weighted by Crippen LogP contribution is 2.27. The number of hydrogen-bond donors (Lipinski definition) is 3. The van der Waals surface area contributed by atoms with Crippen molar-refractivity contribution in [3.05, 3.63) is 71.9 Å². The van der Waals surface area contributed by atoms with Crippen molar-refractivity contribution in [2.24, 2.45) is 0 Å². The van der Waals surface area contributed by atoms with Gasteiger partial charge < -0.3 is 15.4 Å². The number of hydrogen-bond acceptors (Lipinski definition) is 3. The summed E-state index contributed by atoms with van der Waals surface area (Å²) >= 11 is 0. The molecular formula is C20H17FN4O2. The lowest BCUT2D eigenvalue weighted by Crippen LogP contribution is -2.13. The van der Waals surface area contributed by atoms with Crippen LogP contribution in [0, 0.1) is 5.82 Å². The Morgan fingerprint density at radius 2 is 2.07 bits per heavy atom. The number of amides is 1. The molecule has 0 saturated heterocycles. The SMILES string of the molecule is CCc1ccccc1-n1cc(O)c(C(=O)Nc2c[nH]c3cccc(F)c23)n1. The van der Waals surface area contributed by atoms with Crippen LogP contribution < -0.4 is 5.32 Å². The van der Waals surface area contributed by atoms with Crippen molar-refractivity contribution in [2.75, 3.05) is 5.32 Å². The fourth-order valence-electron chi connectivity index (χ4n) is 3.10. The molecule has 7 heteroatoms. The van der Waals surface area contributed by atoms with E-state index in [0.717, 1.165) is 17.7 Å². The number of nitrogens with one attached hydrogen (secondary N) is 2. The number of rotatable bonds is 4. The van der Waals surface area contributed by atoms with Gasteiger partial charge in [-0.25, -0.2) is 9.07 Å². The van der Waals surface area contributed by atoms with E-state index in [1.54, 1.807) is 12.1 Å². The molecule has 0 bridgehead atoms. The minimum Gasteiger partial charge on any atom is -0.504 e. The van der Waals surface area contributed by atoms with E-state index in [1.165, 1.54) is 23.1 Å². The van der Waals surface area contributed by atoms with Crippen LogP contribution in [0.1, 0.15) is 23.0 Å². The van der Waals surface area contributed by atoms with Gasteiger partial charge in [-0.3, -0.25) is 4.79 Å². The second kappa shape index (κ2) is 6.60. The number of anilines is 1. The number of benzene rings is 2. The second-order valence-corrected chi connectivity index (χ2v) is 6.11. The average molecular weight is 364 g/mol. The number of nitrogens with zero attached hydrogens (tertiary/aromatic N) is 2. The summed E-state index contributed by atoms with van der Waals surface area (Å²) in [5.74, 6) is -1.32. The minimum atomic E-state index is -0.621. The largest absolute Gasteiger partial charge is 0.504 e. The van der Waals surface area contributed by atoms with E-state index >= 15 is 0 Å². The zero-order valence-corrected chi connectivity index (χ0v) is 14.5. The summed E-state index contributed by atoms with van der Waals surface area (Å²) in [6.45, 7) is 2.02. The molecule has 0 unspecified atom stereocenters. The monoisotopic (exact) mass is 364 g/mol. The number of carbonyl (C=O) groups is 1. The molecule has 1 amide bonds. The zero-order valence-electron chi connectivity index (χ0n) is 14.5. The number of fused-ring (bicyclic) bond motifs is 1. The maximum absolute atomic E-state index is 14.1. The number of aromatic hydroxyl groups is 1. The summed E-state index contributed by atoms with van der Waals surface area (Å²) in [5, 5.41) is 17.3. The predicted molar refractivity (Wildman–Crippen MR) is 101 cm³/mol. The predicted octanol–water partition coefficient (Wildman–Crippen LogP) is 4.01. The second-order valence-electron chi connectivity index (χ2n) is 6.11. The molecule has 4 aromatic rings. The molecule has 27 heavy (non-hydrogen) atoms. The summed E-state index contributed by atoms with van der Waals surface area (Å²) in [6.07, 6.45) is 3.68. The molecule has 0 aliphatic rings. The van der Waals surface area contributed by atoms with Crippen LogP contribution >= 0.6 is 0 Å². The van der Waals surface area contributed by atoms with Gasteiger partial charge in [-0.1, -0.05) is 31.2 Å². The zero-order chi connectivity index (χ0) is 19.0. The normalized spacial score (nSPS) is 11.0. The third-order valence-corrected chi connectivity index (χ3v) is 4.43. The summed E-state index contributed by atoms with van der Waals surface area (Å²) in [4.78, 5) is 15.5. The van der Waals surface area contributed by atoms with Crippen LogP contribution in [0.25, 0.3) is 16.6 Å². The van der Waals surface area contributed by atoms with E-state index in [9.17, 15) is 14.3 Å². The number of para-hydroxylation sites is 1. The molecule has 2 heterocycles. The first-order valence-electron chi connectivity index (χ1n) is 8.52. The molecule has 2 aromatic heterocycles. The smallest absolute Gasteiger partial charge is 0.280 e. The Bertz CT molecular complexity index is 1150. The number of aryl methyl sites for hydroxylation is 1. The summed E-state index contributed by atoms with van der Waals surface area (Å²) in [7, 11) is 0. The van der Waals surface area contributed by atoms with Crippen molar-refractivity contribution < 1.29 is 14.3 Å². The van der Waals surface area contributed by atoms with Crippen molar-refractivity contribution in [1.29, 1.82) is 0 Å². The standard InChI is InChI=1S/C20H17FN4O2/c1-2-12-6-3-4-9-16(12)25-11-17(26)19(24-25)20(27)23-15-10-22-14-8-5-7-13(21)18(14)15/h3-11,22,26H,2H2,1H3,(H,23,27). The first kappa shape index (κ1) is 16.8. The Balaban J connectivity index is 1.68. The van der Waals surface area contributed by atoms with Gasteiger partial charge in [0, 0.05) is 6.20 Å². The number of aromatic nitrogens is 3. The van der Waals surface area contributed by atoms with Gasteiger partial charge in [0.1, 0.15) is 5.82 Å². The van der Waals surface area contributed by atoms with Crippen LogP contribution in [0.15, 0.2) is 54.9 Å². The molecule has 3 N–H and O–H groups in total. The van der Waals surface area contributed by atoms with Gasteiger partial charge in [0.15, 0.2) is 11.4 Å². The van der Waals surface area contributed by atoms with E-state index in [1.807, 2.05) is 31.2 Å². The van der Waals surface area contributed by atoms with E-state index < -0.39 is 11.7 Å². The van der Waals surface area contributed by atoms with Gasteiger partial charge in [0.25, 0.3) is 5.91 Å². The van der Waals surface area contributed by atoms with Gasteiger partial charge in [0.2, 0.25) is 0 Å². The summed E-state index contributed by atoms with van der Waals surface area (Å²) in [5.41, 5.74) is 2.54. The molecule has 0 fully saturated rings. The summed E-state index contributed by atoms with van der Waals surface area (Å²) < 4.78 is 15.6. The fraction of sp³-hybridized carbons (Fsp3) is 0.100. The molecule has 0 aliphatic carbocycles. The van der Waals surface area contributed by atoms with Gasteiger partial charge in [0.05, 0.1) is 28.5 Å². The number of carbonyl (C=O) groups excluding carboxylic acids is 1. The van der Waals surface area contributed by atoms with Gasteiger partial charge in [-0.2, -0.15) is 5.10 Å². The molecule has 0 aliphatic heterocycles. The van der Waals surface area contributed by atoms with Gasteiger partial charge >= 0.3 is 0 Å². The van der Waals surface area contributed by atoms with Gasteiger partial charge in [-0.15, -0.1) is 0 Å². The Morgan fingerprint density at radius 1 is 1.26 bits per heavy atom. The Morgan fingerprint density at radius 3 is 2.89 bits per heavy atom. The highest BCUT2D eigenvalue weighted by Gasteiger charge is 2.20. The maximum Gasteiger partial charge on any atom is 0.280 e. The molecule has 4 rings (SSSR count). The third-order valence-electron chi connectivity index (χ3n) is 4.43. The van der Waals surface area contributed by atoms with Crippen molar-refractivity contribution in [1.82, 2.24) is 14.8 Å². The van der Waals surface area contributed by atoms with E-state index in [0.29, 0.717) is 5.52 Å².